The molecule has 0 N–H and O–H groups in total. The van der Waals surface area contributed by atoms with Crippen LogP contribution in [0.5, 0.6) is 0 Å². The van der Waals surface area contributed by atoms with Gasteiger partial charge in [-0.15, -0.1) is 0 Å². The second-order valence-corrected chi connectivity index (χ2v) is 10.9. The van der Waals surface area contributed by atoms with E-state index in [1.54, 1.807) is 0 Å². The average molecular weight is 547 g/mol. The van der Waals surface area contributed by atoms with Crippen molar-refractivity contribution in [3.05, 3.63) is 0 Å². The van der Waals surface area contributed by atoms with Crippen molar-refractivity contribution in [1.82, 2.24) is 6.23 Å². The maximum absolute atomic E-state index is 2.75. The van der Waals surface area contributed by atoms with Crippen molar-refractivity contribution in [3.63, 3.8) is 0 Å². The van der Waals surface area contributed by atoms with Crippen molar-refractivity contribution < 1.29 is 21.8 Å². The zero-order valence-corrected chi connectivity index (χ0v) is 15.3. The molecular weight excluding hydrogens is 529 g/mol. The van der Waals surface area contributed by atoms with E-state index < -0.39 is 0 Å². The number of alkyl halides is 2. The number of nitrogens with zero attached hydrogens (tertiary/aromatic N) is 2. The molecular formula is C10H18I3N2-. The van der Waals surface area contributed by atoms with Gasteiger partial charge in [-0.25, -0.2) is 0 Å². The zero-order valence-electron chi connectivity index (χ0n) is 8.84. The van der Waals surface area contributed by atoms with Gasteiger partial charge in [0.1, 0.15) is 0 Å². The van der Waals surface area contributed by atoms with Gasteiger partial charge in [-0.05, 0) is 0 Å². The van der Waals surface area contributed by atoms with E-state index in [-0.39, 0.29) is 21.8 Å². The molecule has 0 bridgehead atoms. The van der Waals surface area contributed by atoms with Crippen LogP contribution in [0.3, 0.4) is 0 Å². The molecule has 0 saturated carbocycles. The van der Waals surface area contributed by atoms with E-state index in [0.717, 1.165) is 7.85 Å². The molecule has 2 saturated heterocycles. The summed E-state index contributed by atoms with van der Waals surface area (Å²) in [6, 6.07) is 0. The first-order valence-corrected chi connectivity index (χ1v) is 10.1. The molecule has 0 aromatic carbocycles. The van der Waals surface area contributed by atoms with E-state index in [1.807, 2.05) is 0 Å². The first-order chi connectivity index (χ1) is 7.24. The molecule has 2 aliphatic heterocycles. The Morgan fingerprint density at radius 2 is 1.07 bits per heavy atom. The van der Waals surface area contributed by atoms with Crippen molar-refractivity contribution in [2.45, 2.75) is 33.5 Å². The quantitative estimate of drug-likeness (QED) is 0.267. The summed E-state index contributed by atoms with van der Waals surface area (Å²) in [6.07, 6.45) is 5.68. The van der Waals surface area contributed by atoms with Crippen LogP contribution in [0.4, 0.5) is 0 Å². The average Bonchev–Trinajstić information content (AvgIpc) is 2.25. The molecule has 0 aromatic heterocycles. The van der Waals surface area contributed by atoms with Gasteiger partial charge in [-0.1, -0.05) is 0 Å². The van der Waals surface area contributed by atoms with Crippen molar-refractivity contribution in [3.8, 4) is 0 Å². The molecule has 5 heteroatoms. The first kappa shape index (κ1) is 13.5. The summed E-state index contributed by atoms with van der Waals surface area (Å²) in [5.41, 5.74) is 0. The van der Waals surface area contributed by atoms with Gasteiger partial charge in [0.05, 0.1) is 0 Å². The molecule has 0 aliphatic carbocycles. The number of hydrogen-bond acceptors (Lipinski definition) is 2. The summed E-state index contributed by atoms with van der Waals surface area (Å²) >= 11 is 5.43. The summed E-state index contributed by atoms with van der Waals surface area (Å²) in [5, 5.41) is 0. The SMILES string of the molecule is IC1CCN([I-]N2CCC(I)CC2)CC1. The minimum atomic E-state index is 0.204. The van der Waals surface area contributed by atoms with Crippen LogP contribution in [0.2, 0.25) is 0 Å². The Hall–Kier alpha value is 2.11. The second-order valence-electron chi connectivity index (χ2n) is 4.24. The predicted molar refractivity (Wildman–Crippen MR) is 77.2 cm³/mol. The van der Waals surface area contributed by atoms with Crippen LogP contribution in [0, 0.1) is 0 Å². The van der Waals surface area contributed by atoms with Crippen molar-refractivity contribution in [1.29, 1.82) is 0 Å². The van der Waals surface area contributed by atoms with Crippen LogP contribution < -0.4 is 21.8 Å². The number of rotatable bonds is 2. The van der Waals surface area contributed by atoms with Crippen LogP contribution in [0.15, 0.2) is 0 Å². The fourth-order valence-electron chi connectivity index (χ4n) is 1.94. The third-order valence-electron chi connectivity index (χ3n) is 2.95. The molecule has 2 heterocycles. The maximum atomic E-state index is 2.75. The van der Waals surface area contributed by atoms with Crippen LogP contribution >= 0.6 is 45.2 Å². The van der Waals surface area contributed by atoms with Gasteiger partial charge in [0.2, 0.25) is 0 Å². The minimum absolute atomic E-state index is 0.204. The summed E-state index contributed by atoms with van der Waals surface area (Å²) in [4.78, 5) is 0. The van der Waals surface area contributed by atoms with Crippen molar-refractivity contribution >= 4 is 45.2 Å². The molecule has 2 aliphatic rings. The van der Waals surface area contributed by atoms with Crippen LogP contribution in [0.25, 0.3) is 0 Å². The molecule has 0 aromatic rings. The Kier molecular flexibility index (Phi) is 6.22. The molecule has 0 spiro atoms. The standard InChI is InChI=1S/C10H18I3N2/c11-9-1-5-14(6-2-9)13-15-7-3-10(12)4-8-15/h9-10H,1-8H2/q-1. The Balaban J connectivity index is 1.68. The van der Waals surface area contributed by atoms with Gasteiger partial charge in [-0.2, -0.15) is 0 Å². The number of piperidine rings is 2. The van der Waals surface area contributed by atoms with Gasteiger partial charge in [-0.3, -0.25) is 0 Å². The van der Waals surface area contributed by atoms with Crippen LogP contribution in [-0.2, 0) is 0 Å². The summed E-state index contributed by atoms with van der Waals surface area (Å²) in [7, 11) is 0. The normalized spacial score (nSPS) is 28.7. The molecule has 2 nitrogen and oxygen atoms in total. The zero-order chi connectivity index (χ0) is 10.7. The van der Waals surface area contributed by atoms with Gasteiger partial charge >= 0.3 is 133 Å². The van der Waals surface area contributed by atoms with Crippen LogP contribution in [-0.4, -0.2) is 40.3 Å². The number of hydrogen-bond donors (Lipinski definition) is 0. The molecule has 2 rings (SSSR count). The molecule has 0 unspecified atom stereocenters. The van der Waals surface area contributed by atoms with Gasteiger partial charge in [0.15, 0.2) is 0 Å². The van der Waals surface area contributed by atoms with Gasteiger partial charge in [0, 0.05) is 0 Å². The Labute approximate surface area is 131 Å². The fourth-order valence-corrected chi connectivity index (χ4v) is 5.89. The predicted octanol–water partition coefficient (Wildman–Crippen LogP) is -0.296. The van der Waals surface area contributed by atoms with Crippen LogP contribution in [0.1, 0.15) is 25.7 Å². The monoisotopic (exact) mass is 547 g/mol. The van der Waals surface area contributed by atoms with E-state index >= 15 is 0 Å². The second kappa shape index (κ2) is 6.89. The third-order valence-corrected chi connectivity index (χ3v) is 8.60. The van der Waals surface area contributed by atoms with E-state index in [1.165, 1.54) is 51.9 Å². The Bertz CT molecular complexity index is 167. The Morgan fingerprint density at radius 3 is 1.40 bits per heavy atom. The van der Waals surface area contributed by atoms with E-state index in [4.69, 9.17) is 0 Å². The molecule has 0 amide bonds. The summed E-state index contributed by atoms with van der Waals surface area (Å²) < 4.78 is 7.40. The topological polar surface area (TPSA) is 6.48 Å². The number of halogens is 3. The summed E-state index contributed by atoms with van der Waals surface area (Å²) in [6.45, 7) is 5.46. The fraction of sp³-hybridized carbons (Fsp3) is 1.00. The Morgan fingerprint density at radius 1 is 0.733 bits per heavy atom. The van der Waals surface area contributed by atoms with Gasteiger partial charge < -0.3 is 0 Å². The molecule has 2 fully saturated rings. The molecule has 15 heavy (non-hydrogen) atoms. The molecule has 0 radical (unpaired) electrons. The molecule has 0 atom stereocenters. The third kappa shape index (κ3) is 4.70. The van der Waals surface area contributed by atoms with Gasteiger partial charge in [0.25, 0.3) is 0 Å². The van der Waals surface area contributed by atoms with E-state index in [9.17, 15) is 0 Å². The van der Waals surface area contributed by atoms with Crippen molar-refractivity contribution in [2.75, 3.05) is 26.2 Å². The summed E-state index contributed by atoms with van der Waals surface area (Å²) in [5.74, 6) is 0. The first-order valence-electron chi connectivity index (χ1n) is 5.67. The molecule has 90 valence electrons. The van der Waals surface area contributed by atoms with E-state index in [2.05, 4.69) is 51.4 Å². The van der Waals surface area contributed by atoms with Crippen molar-refractivity contribution in [2.24, 2.45) is 0 Å². The van der Waals surface area contributed by atoms with E-state index in [0.29, 0.717) is 0 Å².